The Labute approximate surface area is 113 Å². The highest BCUT2D eigenvalue weighted by molar-refractivity contribution is 5.81. The lowest BCUT2D eigenvalue weighted by molar-refractivity contribution is -0.122. The molecular formula is C14H21FN2O2. The number of amides is 1. The molecule has 1 rings (SSSR count). The standard InChI is InChI=1S/C14H21FN2O2/c1-5-16-14(18)10(3)17-9(2)11-6-7-12(15)13(8-11)19-4/h6-10,17H,5H2,1-4H3,(H,16,18). The molecular weight excluding hydrogens is 247 g/mol. The molecule has 5 heteroatoms. The number of carbonyl (C=O) groups is 1. The van der Waals surface area contributed by atoms with Crippen LogP contribution in [0.2, 0.25) is 0 Å². The van der Waals surface area contributed by atoms with Crippen LogP contribution in [0.5, 0.6) is 5.75 Å². The molecule has 0 fully saturated rings. The van der Waals surface area contributed by atoms with Gasteiger partial charge in [-0.2, -0.15) is 0 Å². The van der Waals surface area contributed by atoms with Crippen LogP contribution in [0.3, 0.4) is 0 Å². The average Bonchev–Trinajstić information content (AvgIpc) is 2.39. The molecule has 0 radical (unpaired) electrons. The van der Waals surface area contributed by atoms with Gasteiger partial charge in [0, 0.05) is 12.6 Å². The second-order valence-electron chi connectivity index (χ2n) is 4.40. The Morgan fingerprint density at radius 3 is 2.68 bits per heavy atom. The van der Waals surface area contributed by atoms with Crippen LogP contribution in [0.25, 0.3) is 0 Å². The number of carbonyl (C=O) groups excluding carboxylic acids is 1. The van der Waals surface area contributed by atoms with E-state index >= 15 is 0 Å². The number of nitrogens with one attached hydrogen (secondary N) is 2. The fourth-order valence-electron chi connectivity index (χ4n) is 1.82. The van der Waals surface area contributed by atoms with E-state index in [1.807, 2.05) is 13.8 Å². The van der Waals surface area contributed by atoms with Crippen LogP contribution in [0.15, 0.2) is 18.2 Å². The van der Waals surface area contributed by atoms with Gasteiger partial charge in [0.25, 0.3) is 0 Å². The third kappa shape index (κ3) is 4.21. The average molecular weight is 268 g/mol. The van der Waals surface area contributed by atoms with Crippen molar-refractivity contribution in [3.63, 3.8) is 0 Å². The fourth-order valence-corrected chi connectivity index (χ4v) is 1.82. The van der Waals surface area contributed by atoms with E-state index in [1.54, 1.807) is 19.1 Å². The molecule has 2 unspecified atom stereocenters. The lowest BCUT2D eigenvalue weighted by Gasteiger charge is -2.20. The summed E-state index contributed by atoms with van der Waals surface area (Å²) in [6, 6.07) is 4.29. The Bertz CT molecular complexity index is 437. The zero-order chi connectivity index (χ0) is 14.4. The van der Waals surface area contributed by atoms with Crippen LogP contribution in [-0.2, 0) is 4.79 Å². The van der Waals surface area contributed by atoms with Crippen LogP contribution < -0.4 is 15.4 Å². The van der Waals surface area contributed by atoms with E-state index in [-0.39, 0.29) is 23.7 Å². The first-order valence-corrected chi connectivity index (χ1v) is 6.36. The van der Waals surface area contributed by atoms with Crippen molar-refractivity contribution in [2.75, 3.05) is 13.7 Å². The van der Waals surface area contributed by atoms with Crippen molar-refractivity contribution in [1.82, 2.24) is 10.6 Å². The zero-order valence-corrected chi connectivity index (χ0v) is 11.8. The summed E-state index contributed by atoms with van der Waals surface area (Å²) in [6.07, 6.45) is 0. The molecule has 4 nitrogen and oxygen atoms in total. The summed E-state index contributed by atoms with van der Waals surface area (Å²) in [6.45, 7) is 6.19. The molecule has 0 heterocycles. The van der Waals surface area contributed by atoms with Crippen molar-refractivity contribution in [2.24, 2.45) is 0 Å². The summed E-state index contributed by atoms with van der Waals surface area (Å²) in [5.41, 5.74) is 0.870. The van der Waals surface area contributed by atoms with Crippen LogP contribution in [0.1, 0.15) is 32.4 Å². The van der Waals surface area contributed by atoms with E-state index in [2.05, 4.69) is 10.6 Å². The topological polar surface area (TPSA) is 50.4 Å². The van der Waals surface area contributed by atoms with E-state index in [0.717, 1.165) is 5.56 Å². The van der Waals surface area contributed by atoms with E-state index in [0.29, 0.717) is 6.54 Å². The van der Waals surface area contributed by atoms with Gasteiger partial charge in [-0.3, -0.25) is 10.1 Å². The van der Waals surface area contributed by atoms with Gasteiger partial charge in [-0.15, -0.1) is 0 Å². The van der Waals surface area contributed by atoms with Gasteiger partial charge in [-0.05, 0) is 38.5 Å². The molecule has 2 atom stereocenters. The maximum absolute atomic E-state index is 13.3. The number of ether oxygens (including phenoxy) is 1. The van der Waals surface area contributed by atoms with Crippen LogP contribution in [-0.4, -0.2) is 25.6 Å². The van der Waals surface area contributed by atoms with Gasteiger partial charge in [0.2, 0.25) is 5.91 Å². The van der Waals surface area contributed by atoms with Gasteiger partial charge in [0.1, 0.15) is 0 Å². The Balaban J connectivity index is 2.72. The molecule has 0 aliphatic heterocycles. The Hall–Kier alpha value is -1.62. The highest BCUT2D eigenvalue weighted by Gasteiger charge is 2.16. The predicted molar refractivity (Wildman–Crippen MR) is 72.6 cm³/mol. The number of likely N-dealkylation sites (N-methyl/N-ethyl adjacent to an activating group) is 1. The number of hydrogen-bond acceptors (Lipinski definition) is 3. The third-order valence-electron chi connectivity index (χ3n) is 2.92. The Morgan fingerprint density at radius 2 is 2.11 bits per heavy atom. The normalized spacial score (nSPS) is 13.7. The highest BCUT2D eigenvalue weighted by Crippen LogP contribution is 2.22. The molecule has 106 valence electrons. The molecule has 0 aliphatic rings. The van der Waals surface area contributed by atoms with Gasteiger partial charge in [0.05, 0.1) is 13.2 Å². The SMILES string of the molecule is CCNC(=O)C(C)NC(C)c1ccc(F)c(OC)c1. The van der Waals surface area contributed by atoms with Crippen molar-refractivity contribution in [3.8, 4) is 5.75 Å². The zero-order valence-electron chi connectivity index (χ0n) is 11.8. The first-order valence-electron chi connectivity index (χ1n) is 6.36. The largest absolute Gasteiger partial charge is 0.494 e. The smallest absolute Gasteiger partial charge is 0.236 e. The van der Waals surface area contributed by atoms with Gasteiger partial charge in [-0.25, -0.2) is 4.39 Å². The molecule has 1 amide bonds. The number of benzene rings is 1. The number of rotatable bonds is 6. The van der Waals surface area contributed by atoms with Gasteiger partial charge >= 0.3 is 0 Å². The first kappa shape index (κ1) is 15.4. The first-order chi connectivity index (χ1) is 8.99. The highest BCUT2D eigenvalue weighted by atomic mass is 19.1. The number of halogens is 1. The van der Waals surface area contributed by atoms with Crippen LogP contribution in [0.4, 0.5) is 4.39 Å². The quantitative estimate of drug-likeness (QED) is 0.829. The third-order valence-corrected chi connectivity index (χ3v) is 2.92. The maximum atomic E-state index is 13.3. The van der Waals surface area contributed by atoms with Crippen molar-refractivity contribution in [3.05, 3.63) is 29.6 Å². The summed E-state index contributed by atoms with van der Waals surface area (Å²) < 4.78 is 18.3. The lowest BCUT2D eigenvalue weighted by atomic mass is 10.1. The Morgan fingerprint density at radius 1 is 1.42 bits per heavy atom. The van der Waals surface area contributed by atoms with E-state index in [1.165, 1.54) is 13.2 Å². The molecule has 1 aromatic carbocycles. The molecule has 0 spiro atoms. The minimum Gasteiger partial charge on any atom is -0.494 e. The summed E-state index contributed by atoms with van der Waals surface area (Å²) in [7, 11) is 1.43. The van der Waals surface area contributed by atoms with Crippen LogP contribution in [0, 0.1) is 5.82 Å². The summed E-state index contributed by atoms with van der Waals surface area (Å²) in [5.74, 6) is -0.240. The molecule has 19 heavy (non-hydrogen) atoms. The van der Waals surface area contributed by atoms with Crippen molar-refractivity contribution in [2.45, 2.75) is 32.9 Å². The van der Waals surface area contributed by atoms with E-state index < -0.39 is 5.82 Å². The van der Waals surface area contributed by atoms with Crippen LogP contribution >= 0.6 is 0 Å². The lowest BCUT2D eigenvalue weighted by Crippen LogP contribution is -2.43. The van der Waals surface area contributed by atoms with Crippen molar-refractivity contribution >= 4 is 5.91 Å². The number of hydrogen-bond donors (Lipinski definition) is 2. The minimum absolute atomic E-state index is 0.0524. The molecule has 0 aromatic heterocycles. The minimum atomic E-state index is -0.393. The van der Waals surface area contributed by atoms with E-state index in [9.17, 15) is 9.18 Å². The second kappa shape index (κ2) is 7.09. The monoisotopic (exact) mass is 268 g/mol. The molecule has 1 aromatic rings. The second-order valence-corrected chi connectivity index (χ2v) is 4.40. The summed E-state index contributed by atoms with van der Waals surface area (Å²) in [5, 5.41) is 5.91. The summed E-state index contributed by atoms with van der Waals surface area (Å²) in [4.78, 5) is 11.6. The molecule has 0 bridgehead atoms. The van der Waals surface area contributed by atoms with Crippen molar-refractivity contribution < 1.29 is 13.9 Å². The predicted octanol–water partition coefficient (Wildman–Crippen LogP) is 2.01. The maximum Gasteiger partial charge on any atom is 0.236 e. The molecule has 0 saturated carbocycles. The molecule has 0 saturated heterocycles. The molecule has 2 N–H and O–H groups in total. The van der Waals surface area contributed by atoms with Gasteiger partial charge < -0.3 is 10.1 Å². The van der Waals surface area contributed by atoms with E-state index in [4.69, 9.17) is 4.74 Å². The number of methoxy groups -OCH3 is 1. The van der Waals surface area contributed by atoms with Gasteiger partial charge in [0.15, 0.2) is 11.6 Å². The van der Waals surface area contributed by atoms with Gasteiger partial charge in [-0.1, -0.05) is 6.07 Å². The molecule has 0 aliphatic carbocycles. The fraction of sp³-hybridized carbons (Fsp3) is 0.500. The van der Waals surface area contributed by atoms with Crippen molar-refractivity contribution in [1.29, 1.82) is 0 Å². The summed E-state index contributed by atoms with van der Waals surface area (Å²) >= 11 is 0. The Kier molecular flexibility index (Phi) is 5.76.